The second-order valence-corrected chi connectivity index (χ2v) is 6.95. The maximum atomic E-state index is 14.6. The number of anilines is 1. The molecule has 3 aromatic rings. The fraction of sp³-hybridized carbons (Fsp3) is 0.263. The number of rotatable bonds is 4. The van der Waals surface area contributed by atoms with Crippen molar-refractivity contribution < 1.29 is 40.9 Å². The number of ether oxygens (including phenoxy) is 2. The number of nitrogens with one attached hydrogen (secondary N) is 2. The third kappa shape index (κ3) is 4.15. The van der Waals surface area contributed by atoms with Gasteiger partial charge in [0.25, 0.3) is 6.02 Å². The lowest BCUT2D eigenvalue weighted by Crippen LogP contribution is -2.43. The smallest absolute Gasteiger partial charge is 0.418 e. The van der Waals surface area contributed by atoms with Crippen LogP contribution in [0.25, 0.3) is 11.0 Å². The van der Waals surface area contributed by atoms with Gasteiger partial charge in [-0.15, -0.1) is 0 Å². The van der Waals surface area contributed by atoms with Gasteiger partial charge < -0.3 is 24.9 Å². The van der Waals surface area contributed by atoms with Crippen LogP contribution in [0.1, 0.15) is 5.56 Å². The number of hydrogen-bond donors (Lipinski definition) is 3. The van der Waals surface area contributed by atoms with Gasteiger partial charge in [0.05, 0.1) is 24.1 Å². The zero-order valence-electron chi connectivity index (χ0n) is 15.9. The van der Waals surface area contributed by atoms with E-state index in [1.807, 2.05) is 0 Å². The summed E-state index contributed by atoms with van der Waals surface area (Å²) in [6, 6.07) is 2.42. The maximum Gasteiger partial charge on any atom is 0.418 e. The molecule has 0 amide bonds. The van der Waals surface area contributed by atoms with E-state index in [1.54, 1.807) is 0 Å². The predicted octanol–water partition coefficient (Wildman–Crippen LogP) is 4.15. The Bertz CT molecular complexity index is 1170. The van der Waals surface area contributed by atoms with Crippen molar-refractivity contribution in [1.29, 1.82) is 0 Å². The molecule has 0 saturated carbocycles. The van der Waals surface area contributed by atoms with Crippen molar-refractivity contribution in [1.82, 2.24) is 9.97 Å². The van der Waals surface area contributed by atoms with Crippen molar-refractivity contribution in [3.8, 4) is 11.5 Å². The number of pyridine rings is 1. The molecule has 2 aromatic heterocycles. The van der Waals surface area contributed by atoms with Crippen LogP contribution in [-0.4, -0.2) is 46.5 Å². The molecule has 0 bridgehead atoms. The van der Waals surface area contributed by atoms with Crippen LogP contribution in [0, 0.1) is 11.6 Å². The predicted molar refractivity (Wildman–Crippen MR) is 100 cm³/mol. The Morgan fingerprint density at radius 3 is 2.56 bits per heavy atom. The molecule has 4 rings (SSSR count). The van der Waals surface area contributed by atoms with E-state index in [9.17, 15) is 26.3 Å². The molecule has 3 N–H and O–H groups in total. The van der Waals surface area contributed by atoms with Gasteiger partial charge in [0.15, 0.2) is 23.1 Å². The first-order chi connectivity index (χ1) is 15.1. The molecule has 0 saturated heterocycles. The summed E-state index contributed by atoms with van der Waals surface area (Å²) in [7, 11) is 0. The van der Waals surface area contributed by atoms with Gasteiger partial charge in [-0.05, 0) is 6.07 Å². The highest BCUT2D eigenvalue weighted by Gasteiger charge is 2.36. The first kappa shape index (κ1) is 21.7. The monoisotopic (exact) mass is 460 g/mol. The Labute approximate surface area is 175 Å². The normalized spacial score (nSPS) is 18.9. The summed E-state index contributed by atoms with van der Waals surface area (Å²) in [5, 5.41) is 10.9. The van der Waals surface area contributed by atoms with Gasteiger partial charge in [-0.1, -0.05) is 0 Å². The molecular formula is C19H14F6N4O3. The Kier molecular flexibility index (Phi) is 5.36. The van der Waals surface area contributed by atoms with Gasteiger partial charge in [0.2, 0.25) is 0 Å². The topological polar surface area (TPSA) is 91.8 Å². The van der Waals surface area contributed by atoms with Crippen molar-refractivity contribution in [2.75, 3.05) is 25.1 Å². The molecule has 1 aliphatic rings. The van der Waals surface area contributed by atoms with Crippen LogP contribution in [-0.2, 0) is 10.9 Å². The summed E-state index contributed by atoms with van der Waals surface area (Å²) >= 11 is 0. The first-order valence-corrected chi connectivity index (χ1v) is 9.04. The molecule has 32 heavy (non-hydrogen) atoms. The molecule has 1 aliphatic heterocycles. The standard InChI is InChI=1S/C19H14F6N4O3/c20-11-3-9(29-17-28-6-18(22,7-30)8-31-17)4-12(21)15(11)32-13-1-2-26-16-14(13)10(5-27-16)19(23,24)25/h1-5,30H,6-8H2,(H,26,27)(H,28,29)/t18-/m1/s1. The zero-order chi connectivity index (χ0) is 23.1. The molecule has 170 valence electrons. The fourth-order valence-electron chi connectivity index (χ4n) is 2.97. The summed E-state index contributed by atoms with van der Waals surface area (Å²) in [4.78, 5) is 9.81. The van der Waals surface area contributed by atoms with Gasteiger partial charge in [0.1, 0.15) is 18.0 Å². The third-order valence-corrected chi connectivity index (χ3v) is 4.56. The summed E-state index contributed by atoms with van der Waals surface area (Å²) < 4.78 is 92.9. The van der Waals surface area contributed by atoms with Gasteiger partial charge in [-0.3, -0.25) is 0 Å². The lowest BCUT2D eigenvalue weighted by molar-refractivity contribution is -0.136. The molecule has 0 aliphatic carbocycles. The van der Waals surface area contributed by atoms with Crippen molar-refractivity contribution in [3.63, 3.8) is 0 Å². The Morgan fingerprint density at radius 1 is 1.25 bits per heavy atom. The van der Waals surface area contributed by atoms with Crippen LogP contribution in [0.15, 0.2) is 35.6 Å². The van der Waals surface area contributed by atoms with Crippen LogP contribution in [0.5, 0.6) is 11.5 Å². The number of aliphatic hydroxyl groups is 1. The number of nitrogens with zero attached hydrogens (tertiary/aromatic N) is 2. The summed E-state index contributed by atoms with van der Waals surface area (Å²) in [5.41, 5.74) is -3.50. The Morgan fingerprint density at radius 2 is 1.97 bits per heavy atom. The van der Waals surface area contributed by atoms with E-state index in [-0.39, 0.29) is 17.4 Å². The van der Waals surface area contributed by atoms with Crippen molar-refractivity contribution in [2.24, 2.45) is 4.99 Å². The number of amidine groups is 1. The number of H-pyrrole nitrogens is 1. The quantitative estimate of drug-likeness (QED) is 0.509. The van der Waals surface area contributed by atoms with Crippen LogP contribution in [0.3, 0.4) is 0 Å². The Hall–Kier alpha value is -3.48. The highest BCUT2D eigenvalue weighted by Crippen LogP contribution is 2.40. The molecule has 0 fully saturated rings. The fourth-order valence-corrected chi connectivity index (χ4v) is 2.97. The number of benzene rings is 1. The summed E-state index contributed by atoms with van der Waals surface area (Å²) in [6.45, 7) is -1.75. The number of aromatic nitrogens is 2. The number of aliphatic imine (C=N–C) groups is 1. The highest BCUT2D eigenvalue weighted by atomic mass is 19.4. The molecule has 0 radical (unpaired) electrons. The lowest BCUT2D eigenvalue weighted by atomic mass is 10.1. The van der Waals surface area contributed by atoms with E-state index in [0.29, 0.717) is 6.20 Å². The maximum absolute atomic E-state index is 14.6. The van der Waals surface area contributed by atoms with E-state index in [1.165, 1.54) is 0 Å². The lowest BCUT2D eigenvalue weighted by Gasteiger charge is -2.26. The Balaban J connectivity index is 1.61. The first-order valence-electron chi connectivity index (χ1n) is 9.04. The average Bonchev–Trinajstić information content (AvgIpc) is 3.18. The highest BCUT2D eigenvalue weighted by molar-refractivity contribution is 5.90. The minimum atomic E-state index is -4.75. The van der Waals surface area contributed by atoms with Crippen molar-refractivity contribution in [3.05, 3.63) is 47.8 Å². The molecule has 1 aromatic carbocycles. The number of halogens is 6. The van der Waals surface area contributed by atoms with Gasteiger partial charge >= 0.3 is 6.18 Å². The van der Waals surface area contributed by atoms with E-state index < -0.39 is 65.7 Å². The van der Waals surface area contributed by atoms with E-state index in [0.717, 1.165) is 24.4 Å². The van der Waals surface area contributed by atoms with Crippen molar-refractivity contribution >= 4 is 22.7 Å². The molecule has 0 spiro atoms. The van der Waals surface area contributed by atoms with E-state index in [4.69, 9.17) is 14.6 Å². The van der Waals surface area contributed by atoms with Gasteiger partial charge in [-0.2, -0.15) is 13.2 Å². The largest absolute Gasteiger partial charge is 0.461 e. The summed E-state index contributed by atoms with van der Waals surface area (Å²) in [5.74, 6) is -3.85. The third-order valence-electron chi connectivity index (χ3n) is 4.56. The number of aromatic amines is 1. The molecule has 3 heterocycles. The summed E-state index contributed by atoms with van der Waals surface area (Å²) in [6.07, 6.45) is -2.95. The molecule has 7 nitrogen and oxygen atoms in total. The molecule has 1 atom stereocenters. The second-order valence-electron chi connectivity index (χ2n) is 6.95. The van der Waals surface area contributed by atoms with E-state index >= 15 is 0 Å². The second kappa shape index (κ2) is 7.89. The molecular weight excluding hydrogens is 446 g/mol. The number of hydrogen-bond acceptors (Lipinski definition) is 6. The van der Waals surface area contributed by atoms with Gasteiger partial charge in [-0.25, -0.2) is 23.1 Å². The zero-order valence-corrected chi connectivity index (χ0v) is 15.9. The van der Waals surface area contributed by atoms with Crippen LogP contribution in [0.2, 0.25) is 0 Å². The molecule has 13 heteroatoms. The van der Waals surface area contributed by atoms with Crippen LogP contribution >= 0.6 is 0 Å². The van der Waals surface area contributed by atoms with Crippen LogP contribution in [0.4, 0.5) is 32.0 Å². The average molecular weight is 460 g/mol. The SMILES string of the molecule is OC[C@]1(F)CN=C(Nc2cc(F)c(Oc3ccnc4[nH]cc(C(F)(F)F)c34)c(F)c2)OC1. The molecule has 0 unspecified atom stereocenters. The van der Waals surface area contributed by atoms with Gasteiger partial charge in [0, 0.05) is 30.2 Å². The number of alkyl halides is 4. The van der Waals surface area contributed by atoms with E-state index in [2.05, 4.69) is 20.3 Å². The number of fused-ring (bicyclic) bond motifs is 1. The number of aliphatic hydroxyl groups excluding tert-OH is 1. The van der Waals surface area contributed by atoms with Crippen molar-refractivity contribution in [2.45, 2.75) is 11.8 Å². The van der Waals surface area contributed by atoms with Crippen LogP contribution < -0.4 is 10.1 Å². The minimum absolute atomic E-state index is 0.168. The minimum Gasteiger partial charge on any atom is -0.461 e.